The summed E-state index contributed by atoms with van der Waals surface area (Å²) in [7, 11) is 1.05. The molecule has 1 aromatic heterocycles. The highest BCUT2D eigenvalue weighted by molar-refractivity contribution is 5.86. The van der Waals surface area contributed by atoms with Crippen molar-refractivity contribution in [2.45, 2.75) is 37.6 Å². The number of methoxy groups -OCH3 is 1. The van der Waals surface area contributed by atoms with E-state index in [2.05, 4.69) is 4.74 Å². The number of ether oxygens (including phenoxy) is 4. The number of aliphatic hydroxyl groups is 2. The van der Waals surface area contributed by atoms with E-state index in [0.29, 0.717) is 5.56 Å². The molecule has 0 amide bonds. The van der Waals surface area contributed by atoms with E-state index < -0.39 is 53.8 Å². The molecule has 2 unspecified atom stereocenters. The van der Waals surface area contributed by atoms with Crippen molar-refractivity contribution in [3.8, 4) is 28.6 Å². The van der Waals surface area contributed by atoms with E-state index in [1.165, 1.54) is 36.4 Å². The molecule has 0 radical (unpaired) electrons. The molecule has 2 aromatic carbocycles. The SMILES string of the molecule is COC(=O)C1O[C@@H](Oc2cc(O)c3c(=O)cc(-c4ccc(O)cc4)oc3c2)C(OC(C)=O)[C@@H](O)[C@@H]1O. The van der Waals surface area contributed by atoms with Gasteiger partial charge in [-0.2, -0.15) is 0 Å². The number of phenols is 2. The molecular formula is C24H22O12. The van der Waals surface area contributed by atoms with Gasteiger partial charge in [-0.1, -0.05) is 0 Å². The van der Waals surface area contributed by atoms with Crippen LogP contribution in [0.3, 0.4) is 0 Å². The van der Waals surface area contributed by atoms with Gasteiger partial charge in [0.15, 0.2) is 17.6 Å². The molecule has 1 aliphatic rings. The highest BCUT2D eigenvalue weighted by atomic mass is 16.7. The molecule has 4 N–H and O–H groups in total. The Morgan fingerprint density at radius 2 is 1.69 bits per heavy atom. The monoisotopic (exact) mass is 502 g/mol. The first-order valence-corrected chi connectivity index (χ1v) is 10.6. The number of aliphatic hydroxyl groups excluding tert-OH is 2. The standard InChI is InChI=1S/C24H22O12/c1-10(25)33-22-20(30)19(29)21(23(31)32-2)36-24(22)34-13-7-14(27)18-15(28)9-16(35-17(18)8-13)11-3-5-12(26)6-4-11/h3-9,19-22,24,26-27,29-30H,1-2H3/t19-,20-,21?,22?,24+/m0/s1. The maximum absolute atomic E-state index is 12.7. The van der Waals surface area contributed by atoms with Gasteiger partial charge in [-0.3, -0.25) is 9.59 Å². The summed E-state index contributed by atoms with van der Waals surface area (Å²) in [6.45, 7) is 1.06. The smallest absolute Gasteiger partial charge is 0.337 e. The summed E-state index contributed by atoms with van der Waals surface area (Å²) < 4.78 is 26.5. The van der Waals surface area contributed by atoms with Crippen LogP contribution in [-0.4, -0.2) is 70.2 Å². The summed E-state index contributed by atoms with van der Waals surface area (Å²) in [4.78, 5) is 36.3. The van der Waals surface area contributed by atoms with Gasteiger partial charge in [-0.05, 0) is 24.3 Å². The second-order valence-corrected chi connectivity index (χ2v) is 7.96. The second kappa shape index (κ2) is 9.85. The highest BCUT2D eigenvalue weighted by Gasteiger charge is 2.51. The zero-order valence-electron chi connectivity index (χ0n) is 19.0. The van der Waals surface area contributed by atoms with Gasteiger partial charge in [0.25, 0.3) is 0 Å². The summed E-state index contributed by atoms with van der Waals surface area (Å²) in [5.41, 5.74) is -0.161. The fourth-order valence-corrected chi connectivity index (χ4v) is 3.77. The molecule has 0 bridgehead atoms. The van der Waals surface area contributed by atoms with E-state index in [0.717, 1.165) is 20.1 Å². The van der Waals surface area contributed by atoms with Gasteiger partial charge in [-0.15, -0.1) is 0 Å². The maximum Gasteiger partial charge on any atom is 0.337 e. The van der Waals surface area contributed by atoms with Crippen molar-refractivity contribution < 1.29 is 53.4 Å². The minimum absolute atomic E-state index is 0.0163. The lowest BCUT2D eigenvalue weighted by atomic mass is 9.98. The van der Waals surface area contributed by atoms with Crippen LogP contribution >= 0.6 is 0 Å². The zero-order chi connectivity index (χ0) is 26.1. The Morgan fingerprint density at radius 3 is 2.33 bits per heavy atom. The predicted molar refractivity (Wildman–Crippen MR) is 120 cm³/mol. The lowest BCUT2D eigenvalue weighted by Crippen LogP contribution is -2.62. The van der Waals surface area contributed by atoms with Crippen LogP contribution in [0, 0.1) is 0 Å². The lowest BCUT2D eigenvalue weighted by molar-refractivity contribution is -0.276. The van der Waals surface area contributed by atoms with Gasteiger partial charge in [0.1, 0.15) is 46.2 Å². The molecule has 1 aliphatic heterocycles. The topological polar surface area (TPSA) is 182 Å². The molecule has 3 aromatic rings. The number of aromatic hydroxyl groups is 2. The zero-order valence-corrected chi connectivity index (χ0v) is 19.0. The number of carbonyl (C=O) groups is 2. The maximum atomic E-state index is 12.7. The van der Waals surface area contributed by atoms with Gasteiger partial charge in [0.2, 0.25) is 6.29 Å². The molecule has 1 saturated heterocycles. The fraction of sp³-hybridized carbons (Fsp3) is 0.292. The van der Waals surface area contributed by atoms with Crippen LogP contribution in [0.5, 0.6) is 17.2 Å². The molecule has 190 valence electrons. The van der Waals surface area contributed by atoms with E-state index in [9.17, 15) is 34.8 Å². The minimum atomic E-state index is -1.79. The van der Waals surface area contributed by atoms with Crippen molar-refractivity contribution in [3.63, 3.8) is 0 Å². The number of benzene rings is 2. The third-order valence-electron chi connectivity index (χ3n) is 5.47. The molecule has 1 fully saturated rings. The van der Waals surface area contributed by atoms with Gasteiger partial charge < -0.3 is 43.8 Å². The molecule has 12 nitrogen and oxygen atoms in total. The number of rotatable bonds is 5. The second-order valence-electron chi connectivity index (χ2n) is 7.96. The Balaban J connectivity index is 1.73. The van der Waals surface area contributed by atoms with E-state index in [1.807, 2.05) is 0 Å². The summed E-state index contributed by atoms with van der Waals surface area (Å²) >= 11 is 0. The third kappa shape index (κ3) is 4.82. The van der Waals surface area contributed by atoms with Crippen molar-refractivity contribution in [1.29, 1.82) is 0 Å². The first kappa shape index (κ1) is 25.0. The van der Waals surface area contributed by atoms with Gasteiger partial charge in [-0.25, -0.2) is 4.79 Å². The Kier molecular flexibility index (Phi) is 6.84. The number of fused-ring (bicyclic) bond motifs is 1. The Morgan fingerprint density at radius 1 is 1.00 bits per heavy atom. The lowest BCUT2D eigenvalue weighted by Gasteiger charge is -2.40. The first-order chi connectivity index (χ1) is 17.1. The van der Waals surface area contributed by atoms with E-state index in [1.54, 1.807) is 0 Å². The van der Waals surface area contributed by atoms with Crippen LogP contribution in [0.1, 0.15) is 6.92 Å². The third-order valence-corrected chi connectivity index (χ3v) is 5.47. The number of phenolic OH excluding ortho intramolecular Hbond substituents is 2. The quantitative estimate of drug-likeness (QED) is 0.361. The van der Waals surface area contributed by atoms with Crippen LogP contribution in [0.15, 0.2) is 51.7 Å². The predicted octanol–water partition coefficient (Wildman–Crippen LogP) is 0.801. The number of hydrogen-bond donors (Lipinski definition) is 4. The van der Waals surface area contributed by atoms with Crippen LogP contribution in [0.2, 0.25) is 0 Å². The van der Waals surface area contributed by atoms with E-state index in [4.69, 9.17) is 18.6 Å². The van der Waals surface area contributed by atoms with Gasteiger partial charge in [0.05, 0.1) is 7.11 Å². The van der Waals surface area contributed by atoms with Gasteiger partial charge in [0, 0.05) is 30.7 Å². The van der Waals surface area contributed by atoms with Crippen molar-refractivity contribution in [2.75, 3.05) is 7.11 Å². The Labute approximate surface area is 202 Å². The van der Waals surface area contributed by atoms with Crippen molar-refractivity contribution in [2.24, 2.45) is 0 Å². The molecule has 0 aliphatic carbocycles. The molecule has 0 saturated carbocycles. The molecular weight excluding hydrogens is 480 g/mol. The number of esters is 2. The largest absolute Gasteiger partial charge is 0.508 e. The molecule has 2 heterocycles. The van der Waals surface area contributed by atoms with Crippen molar-refractivity contribution in [1.82, 2.24) is 0 Å². The average Bonchev–Trinajstić information content (AvgIpc) is 2.82. The summed E-state index contributed by atoms with van der Waals surface area (Å²) in [5, 5.41) is 40.5. The summed E-state index contributed by atoms with van der Waals surface area (Å²) in [6.07, 6.45) is -8.44. The van der Waals surface area contributed by atoms with E-state index in [-0.39, 0.29) is 28.2 Å². The molecule has 5 atom stereocenters. The van der Waals surface area contributed by atoms with Crippen molar-refractivity contribution in [3.05, 3.63) is 52.7 Å². The first-order valence-electron chi connectivity index (χ1n) is 10.6. The molecule has 12 heteroatoms. The van der Waals surface area contributed by atoms with Crippen LogP contribution in [-0.2, 0) is 23.8 Å². The molecule has 4 rings (SSSR count). The fourth-order valence-electron chi connectivity index (χ4n) is 3.77. The van der Waals surface area contributed by atoms with Crippen LogP contribution in [0.25, 0.3) is 22.3 Å². The van der Waals surface area contributed by atoms with E-state index >= 15 is 0 Å². The van der Waals surface area contributed by atoms with Crippen LogP contribution < -0.4 is 10.2 Å². The number of hydrogen-bond acceptors (Lipinski definition) is 12. The average molecular weight is 502 g/mol. The summed E-state index contributed by atoms with van der Waals surface area (Å²) in [5.74, 6) is -2.32. The summed E-state index contributed by atoms with van der Waals surface area (Å²) in [6, 6.07) is 9.36. The van der Waals surface area contributed by atoms with Crippen LogP contribution in [0.4, 0.5) is 0 Å². The molecule has 36 heavy (non-hydrogen) atoms. The highest BCUT2D eigenvalue weighted by Crippen LogP contribution is 2.34. The Hall–Kier alpha value is -4.13. The minimum Gasteiger partial charge on any atom is -0.508 e. The van der Waals surface area contributed by atoms with Crippen molar-refractivity contribution >= 4 is 22.9 Å². The number of carbonyl (C=O) groups excluding carboxylic acids is 2. The normalized spacial score (nSPS) is 23.7. The Bertz CT molecular complexity index is 1350. The van der Waals surface area contributed by atoms with Gasteiger partial charge >= 0.3 is 11.9 Å². The molecule has 0 spiro atoms.